The molecular formula is C14H22N2O2. The molecule has 0 saturated heterocycles. The molecule has 2 N–H and O–H groups in total. The maximum Gasteiger partial charge on any atom is 0.257 e. The van der Waals surface area contributed by atoms with Crippen molar-refractivity contribution in [3.8, 4) is 5.75 Å². The highest BCUT2D eigenvalue weighted by Crippen LogP contribution is 2.11. The fourth-order valence-electron chi connectivity index (χ4n) is 1.43. The van der Waals surface area contributed by atoms with Crippen LogP contribution < -0.4 is 15.4 Å². The van der Waals surface area contributed by atoms with Crippen LogP contribution in [0.1, 0.15) is 19.4 Å². The van der Waals surface area contributed by atoms with Gasteiger partial charge >= 0.3 is 0 Å². The van der Waals surface area contributed by atoms with Crippen molar-refractivity contribution in [2.75, 3.05) is 20.2 Å². The summed E-state index contributed by atoms with van der Waals surface area (Å²) in [4.78, 5) is 11.4. The third-order valence-electron chi connectivity index (χ3n) is 2.38. The molecule has 1 aromatic carbocycles. The summed E-state index contributed by atoms with van der Waals surface area (Å²) >= 11 is 0. The van der Waals surface area contributed by atoms with Gasteiger partial charge in [-0.2, -0.15) is 0 Å². The Bertz CT molecular complexity index is 361. The topological polar surface area (TPSA) is 50.4 Å². The molecule has 4 heteroatoms. The summed E-state index contributed by atoms with van der Waals surface area (Å²) in [5.41, 5.74) is 1.19. The van der Waals surface area contributed by atoms with Crippen molar-refractivity contribution in [1.82, 2.24) is 10.6 Å². The van der Waals surface area contributed by atoms with Gasteiger partial charge in [0.15, 0.2) is 6.61 Å². The van der Waals surface area contributed by atoms with Gasteiger partial charge in [0.1, 0.15) is 5.75 Å². The Hall–Kier alpha value is -1.55. The Morgan fingerprint density at radius 2 is 1.94 bits per heavy atom. The van der Waals surface area contributed by atoms with Crippen LogP contribution in [0.4, 0.5) is 0 Å². The van der Waals surface area contributed by atoms with Crippen LogP contribution in [0.2, 0.25) is 0 Å². The highest BCUT2D eigenvalue weighted by atomic mass is 16.5. The summed E-state index contributed by atoms with van der Waals surface area (Å²) in [7, 11) is 1.91. The van der Waals surface area contributed by atoms with Crippen LogP contribution in [0.15, 0.2) is 24.3 Å². The van der Waals surface area contributed by atoms with E-state index in [4.69, 9.17) is 4.74 Å². The van der Waals surface area contributed by atoms with Gasteiger partial charge in [-0.15, -0.1) is 0 Å². The lowest BCUT2D eigenvalue weighted by Gasteiger charge is -2.09. The maximum atomic E-state index is 11.4. The minimum Gasteiger partial charge on any atom is -0.484 e. The molecule has 0 fully saturated rings. The number of hydrogen-bond acceptors (Lipinski definition) is 3. The molecule has 1 amide bonds. The minimum atomic E-state index is -0.0806. The van der Waals surface area contributed by atoms with Gasteiger partial charge in [-0.05, 0) is 30.7 Å². The predicted molar refractivity (Wildman–Crippen MR) is 72.5 cm³/mol. The second-order valence-electron chi connectivity index (χ2n) is 4.66. The van der Waals surface area contributed by atoms with E-state index in [1.807, 2.05) is 31.3 Å². The van der Waals surface area contributed by atoms with E-state index in [9.17, 15) is 4.79 Å². The molecule has 4 nitrogen and oxygen atoms in total. The highest BCUT2D eigenvalue weighted by molar-refractivity contribution is 5.77. The quantitative estimate of drug-likeness (QED) is 0.772. The van der Waals surface area contributed by atoms with Crippen molar-refractivity contribution in [3.05, 3.63) is 29.8 Å². The standard InChI is InChI=1S/C14H22N2O2/c1-11(2)8-16-14(17)10-18-13-6-4-12(5-7-13)9-15-3/h4-7,11,15H,8-10H2,1-3H3,(H,16,17). The summed E-state index contributed by atoms with van der Waals surface area (Å²) < 4.78 is 5.40. The minimum absolute atomic E-state index is 0.0676. The van der Waals surface area contributed by atoms with Crippen LogP contribution in [0, 0.1) is 5.92 Å². The van der Waals surface area contributed by atoms with Crippen LogP contribution in [0.3, 0.4) is 0 Å². The lowest BCUT2D eigenvalue weighted by atomic mass is 10.2. The van der Waals surface area contributed by atoms with Crippen molar-refractivity contribution in [1.29, 1.82) is 0 Å². The zero-order valence-corrected chi connectivity index (χ0v) is 11.3. The zero-order valence-electron chi connectivity index (χ0n) is 11.3. The number of carbonyl (C=O) groups excluding carboxylic acids is 1. The summed E-state index contributed by atoms with van der Waals surface area (Å²) in [6.45, 7) is 5.69. The predicted octanol–water partition coefficient (Wildman–Crippen LogP) is 1.56. The number of rotatable bonds is 7. The van der Waals surface area contributed by atoms with E-state index >= 15 is 0 Å². The lowest BCUT2D eigenvalue weighted by molar-refractivity contribution is -0.123. The fraction of sp³-hybridized carbons (Fsp3) is 0.500. The molecular weight excluding hydrogens is 228 g/mol. The monoisotopic (exact) mass is 250 g/mol. The van der Waals surface area contributed by atoms with Gasteiger partial charge in [0.2, 0.25) is 0 Å². The molecule has 0 aliphatic carbocycles. The summed E-state index contributed by atoms with van der Waals surface area (Å²) in [6, 6.07) is 7.72. The van der Waals surface area contributed by atoms with E-state index in [1.54, 1.807) is 0 Å². The summed E-state index contributed by atoms with van der Waals surface area (Å²) in [6.07, 6.45) is 0. The number of amides is 1. The van der Waals surface area contributed by atoms with E-state index in [2.05, 4.69) is 24.5 Å². The van der Waals surface area contributed by atoms with Gasteiger partial charge < -0.3 is 15.4 Å². The number of hydrogen-bond donors (Lipinski definition) is 2. The number of nitrogens with one attached hydrogen (secondary N) is 2. The van der Waals surface area contributed by atoms with Crippen molar-refractivity contribution < 1.29 is 9.53 Å². The average Bonchev–Trinajstić information content (AvgIpc) is 2.36. The van der Waals surface area contributed by atoms with E-state index in [-0.39, 0.29) is 12.5 Å². The van der Waals surface area contributed by atoms with Crippen LogP contribution in [0.5, 0.6) is 5.75 Å². The smallest absolute Gasteiger partial charge is 0.257 e. The highest BCUT2D eigenvalue weighted by Gasteiger charge is 2.03. The molecule has 0 heterocycles. The second-order valence-corrected chi connectivity index (χ2v) is 4.66. The summed E-state index contributed by atoms with van der Waals surface area (Å²) in [5, 5.41) is 5.89. The molecule has 0 aliphatic heterocycles. The normalized spacial score (nSPS) is 10.4. The first kappa shape index (κ1) is 14.5. The molecule has 0 bridgehead atoms. The SMILES string of the molecule is CNCc1ccc(OCC(=O)NCC(C)C)cc1. The molecule has 1 aromatic rings. The van der Waals surface area contributed by atoms with Gasteiger partial charge in [0.05, 0.1) is 0 Å². The molecule has 0 aliphatic rings. The fourth-order valence-corrected chi connectivity index (χ4v) is 1.43. The van der Waals surface area contributed by atoms with Crippen molar-refractivity contribution in [3.63, 3.8) is 0 Å². The molecule has 0 spiro atoms. The first-order valence-electron chi connectivity index (χ1n) is 6.25. The second kappa shape index (κ2) is 7.71. The Kier molecular flexibility index (Phi) is 6.22. The van der Waals surface area contributed by atoms with Gasteiger partial charge in [0, 0.05) is 13.1 Å². The van der Waals surface area contributed by atoms with E-state index in [1.165, 1.54) is 5.56 Å². The molecule has 18 heavy (non-hydrogen) atoms. The number of carbonyl (C=O) groups is 1. The molecule has 0 unspecified atom stereocenters. The van der Waals surface area contributed by atoms with E-state index < -0.39 is 0 Å². The summed E-state index contributed by atoms with van der Waals surface area (Å²) in [5.74, 6) is 1.09. The zero-order chi connectivity index (χ0) is 13.4. The Morgan fingerprint density at radius 3 is 2.50 bits per heavy atom. The first-order chi connectivity index (χ1) is 8.61. The van der Waals surface area contributed by atoms with Crippen molar-refractivity contribution in [2.45, 2.75) is 20.4 Å². The molecule has 0 radical (unpaired) electrons. The van der Waals surface area contributed by atoms with Crippen LogP contribution in [-0.2, 0) is 11.3 Å². The maximum absolute atomic E-state index is 11.4. The third kappa shape index (κ3) is 5.68. The van der Waals surface area contributed by atoms with Gasteiger partial charge in [0.25, 0.3) is 5.91 Å². The van der Waals surface area contributed by atoms with Crippen molar-refractivity contribution in [2.24, 2.45) is 5.92 Å². The van der Waals surface area contributed by atoms with Gasteiger partial charge in [-0.1, -0.05) is 26.0 Å². The molecule has 1 rings (SSSR count). The largest absolute Gasteiger partial charge is 0.484 e. The first-order valence-corrected chi connectivity index (χ1v) is 6.25. The van der Waals surface area contributed by atoms with Crippen LogP contribution >= 0.6 is 0 Å². The van der Waals surface area contributed by atoms with Gasteiger partial charge in [-0.3, -0.25) is 4.79 Å². The Balaban J connectivity index is 2.32. The average molecular weight is 250 g/mol. The number of ether oxygens (including phenoxy) is 1. The molecule has 0 atom stereocenters. The van der Waals surface area contributed by atoms with Crippen LogP contribution in [0.25, 0.3) is 0 Å². The molecule has 0 saturated carbocycles. The van der Waals surface area contributed by atoms with Crippen LogP contribution in [-0.4, -0.2) is 26.1 Å². The molecule has 0 aromatic heterocycles. The van der Waals surface area contributed by atoms with Crippen molar-refractivity contribution >= 4 is 5.91 Å². The lowest BCUT2D eigenvalue weighted by Crippen LogP contribution is -2.31. The molecule has 100 valence electrons. The number of benzene rings is 1. The van der Waals surface area contributed by atoms with E-state index in [0.29, 0.717) is 12.5 Å². The third-order valence-corrected chi connectivity index (χ3v) is 2.38. The van der Waals surface area contributed by atoms with E-state index in [0.717, 1.165) is 12.3 Å². The Labute approximate surface area is 109 Å². The van der Waals surface area contributed by atoms with Gasteiger partial charge in [-0.25, -0.2) is 0 Å². The Morgan fingerprint density at radius 1 is 1.28 bits per heavy atom.